The highest BCUT2D eigenvalue weighted by Gasteiger charge is 2.65. The molecule has 1 nitrogen and oxygen atoms in total. The topological polar surface area (TPSA) is 9.23 Å². The normalized spacial score (nSPS) is 24.0. The Bertz CT molecular complexity index is 1200. The van der Waals surface area contributed by atoms with E-state index in [9.17, 15) is 0 Å². The van der Waals surface area contributed by atoms with Crippen molar-refractivity contribution < 1.29 is 9.13 Å². The van der Waals surface area contributed by atoms with Crippen LogP contribution in [0.25, 0.3) is 0 Å². The summed E-state index contributed by atoms with van der Waals surface area (Å²) in [5, 5.41) is 0. The number of ether oxygens (including phenoxy) is 1. The average Bonchev–Trinajstić information content (AvgIpc) is 3.26. The van der Waals surface area contributed by atoms with Gasteiger partial charge in [0.15, 0.2) is 0 Å². The molecule has 0 spiro atoms. The van der Waals surface area contributed by atoms with Crippen LogP contribution in [-0.2, 0) is 15.9 Å². The monoisotopic (exact) mass is 364 g/mol. The Hall–Kier alpha value is -3.23. The zero-order chi connectivity index (χ0) is 18.8. The summed E-state index contributed by atoms with van der Waals surface area (Å²) >= 11 is 0. The van der Waals surface area contributed by atoms with Crippen LogP contribution in [-0.4, -0.2) is 0 Å². The zero-order valence-corrected chi connectivity index (χ0v) is 15.1. The van der Waals surface area contributed by atoms with E-state index in [1.54, 1.807) is 6.07 Å². The summed E-state index contributed by atoms with van der Waals surface area (Å²) in [6, 6.07) is 33.7. The molecule has 0 fully saturated rings. The molecule has 2 unspecified atom stereocenters. The van der Waals surface area contributed by atoms with Crippen LogP contribution in [0, 0.1) is 5.82 Å². The molecular formula is C26H17FO. The lowest BCUT2D eigenvalue weighted by atomic mass is 9.68. The molecule has 2 aliphatic heterocycles. The van der Waals surface area contributed by atoms with Gasteiger partial charge in [0.1, 0.15) is 17.0 Å². The molecule has 28 heavy (non-hydrogen) atoms. The highest BCUT2D eigenvalue weighted by Crippen LogP contribution is 2.66. The zero-order valence-electron chi connectivity index (χ0n) is 15.1. The number of rotatable bonds is 2. The lowest BCUT2D eigenvalue weighted by Gasteiger charge is -2.30. The van der Waals surface area contributed by atoms with E-state index in [2.05, 4.69) is 24.3 Å². The van der Waals surface area contributed by atoms with E-state index in [-0.39, 0.29) is 5.82 Å². The maximum Gasteiger partial charge on any atom is 0.149 e. The Labute approximate surface area is 163 Å². The van der Waals surface area contributed by atoms with Crippen LogP contribution in [0.1, 0.15) is 33.4 Å². The lowest BCUT2D eigenvalue weighted by molar-refractivity contribution is -0.0267. The van der Waals surface area contributed by atoms with Crippen molar-refractivity contribution in [3.63, 3.8) is 0 Å². The molecule has 0 radical (unpaired) electrons. The molecule has 0 amide bonds. The SMILES string of the molecule is Fc1cccc2c1C1(c3ccccc3)OC2(c2ccccc2)c2ccccc21. The average molecular weight is 364 g/mol. The van der Waals surface area contributed by atoms with Gasteiger partial charge >= 0.3 is 0 Å². The van der Waals surface area contributed by atoms with E-state index < -0.39 is 11.2 Å². The van der Waals surface area contributed by atoms with Gasteiger partial charge in [-0.1, -0.05) is 97.1 Å². The Morgan fingerprint density at radius 3 is 1.64 bits per heavy atom. The van der Waals surface area contributed by atoms with Gasteiger partial charge in [0.05, 0.1) is 0 Å². The fourth-order valence-electron chi connectivity index (χ4n) is 5.07. The van der Waals surface area contributed by atoms with Gasteiger partial charge in [-0.05, 0) is 28.3 Å². The van der Waals surface area contributed by atoms with Crippen molar-refractivity contribution in [2.75, 3.05) is 0 Å². The van der Waals surface area contributed by atoms with Gasteiger partial charge < -0.3 is 4.74 Å². The predicted molar refractivity (Wildman–Crippen MR) is 107 cm³/mol. The van der Waals surface area contributed by atoms with E-state index in [0.717, 1.165) is 27.8 Å². The van der Waals surface area contributed by atoms with Crippen molar-refractivity contribution in [2.24, 2.45) is 0 Å². The second kappa shape index (κ2) is 5.40. The fraction of sp³-hybridized carbons (Fsp3) is 0.0769. The van der Waals surface area contributed by atoms with Crippen LogP contribution >= 0.6 is 0 Å². The second-order valence-corrected chi connectivity index (χ2v) is 7.40. The minimum Gasteiger partial charge on any atom is -0.340 e. The first kappa shape index (κ1) is 15.8. The number of halogens is 1. The maximum absolute atomic E-state index is 15.4. The van der Waals surface area contributed by atoms with Gasteiger partial charge in [0.2, 0.25) is 0 Å². The largest absolute Gasteiger partial charge is 0.340 e. The summed E-state index contributed by atoms with van der Waals surface area (Å²) in [6.07, 6.45) is 0. The van der Waals surface area contributed by atoms with Crippen LogP contribution < -0.4 is 0 Å². The van der Waals surface area contributed by atoms with E-state index in [1.165, 1.54) is 6.07 Å². The Kier molecular flexibility index (Phi) is 3.05. The van der Waals surface area contributed by atoms with Crippen molar-refractivity contribution in [1.82, 2.24) is 0 Å². The van der Waals surface area contributed by atoms with Gasteiger partial charge in [-0.15, -0.1) is 0 Å². The third-order valence-corrected chi connectivity index (χ3v) is 6.10. The number of benzene rings is 4. The summed E-state index contributed by atoms with van der Waals surface area (Å²) in [5.41, 5.74) is 3.82. The van der Waals surface area contributed by atoms with Gasteiger partial charge in [0, 0.05) is 11.1 Å². The van der Waals surface area contributed by atoms with Gasteiger partial charge in [0.25, 0.3) is 0 Å². The predicted octanol–water partition coefficient (Wildman–Crippen LogP) is 5.75. The number of fused-ring (bicyclic) bond motifs is 8. The molecule has 2 bridgehead atoms. The minimum absolute atomic E-state index is 0.228. The summed E-state index contributed by atoms with van der Waals surface area (Å²) in [7, 11) is 0. The molecular weight excluding hydrogens is 347 g/mol. The van der Waals surface area contributed by atoms with Crippen molar-refractivity contribution in [2.45, 2.75) is 11.2 Å². The van der Waals surface area contributed by atoms with E-state index in [4.69, 9.17) is 4.74 Å². The Balaban J connectivity index is 1.81. The highest BCUT2D eigenvalue weighted by molar-refractivity contribution is 5.70. The molecule has 134 valence electrons. The van der Waals surface area contributed by atoms with Crippen molar-refractivity contribution in [3.05, 3.63) is 142 Å². The standard InChI is InChI=1S/C26H17FO/c27-23-17-9-16-22-24(23)26(19-12-5-2-6-13-19)21-15-8-7-14-20(21)25(22,28-26)18-10-3-1-4-11-18/h1-17H. The smallest absolute Gasteiger partial charge is 0.149 e. The maximum atomic E-state index is 15.4. The summed E-state index contributed by atoms with van der Waals surface area (Å²) in [4.78, 5) is 0. The summed E-state index contributed by atoms with van der Waals surface area (Å²) in [5.74, 6) is -0.228. The Morgan fingerprint density at radius 1 is 0.500 bits per heavy atom. The van der Waals surface area contributed by atoms with Crippen molar-refractivity contribution >= 4 is 0 Å². The minimum atomic E-state index is -0.950. The van der Waals surface area contributed by atoms with E-state index in [1.807, 2.05) is 66.7 Å². The van der Waals surface area contributed by atoms with Crippen LogP contribution in [0.3, 0.4) is 0 Å². The molecule has 6 rings (SSSR count). The number of hydrogen-bond acceptors (Lipinski definition) is 1. The van der Waals surface area contributed by atoms with Gasteiger partial charge in [-0.3, -0.25) is 0 Å². The molecule has 2 aliphatic rings. The van der Waals surface area contributed by atoms with Gasteiger partial charge in [-0.2, -0.15) is 0 Å². The number of hydrogen-bond donors (Lipinski definition) is 0. The summed E-state index contributed by atoms with van der Waals surface area (Å²) < 4.78 is 22.4. The molecule has 0 aliphatic carbocycles. The second-order valence-electron chi connectivity index (χ2n) is 7.40. The first-order valence-electron chi connectivity index (χ1n) is 9.49. The van der Waals surface area contributed by atoms with Crippen LogP contribution in [0.15, 0.2) is 103 Å². The third-order valence-electron chi connectivity index (χ3n) is 6.10. The molecule has 4 aromatic carbocycles. The van der Waals surface area contributed by atoms with Crippen molar-refractivity contribution in [3.8, 4) is 0 Å². The van der Waals surface area contributed by atoms with Crippen molar-refractivity contribution in [1.29, 1.82) is 0 Å². The quantitative estimate of drug-likeness (QED) is 0.440. The van der Waals surface area contributed by atoms with Gasteiger partial charge in [-0.25, -0.2) is 4.39 Å². The Morgan fingerprint density at radius 2 is 1.00 bits per heavy atom. The molecule has 2 heterocycles. The summed E-state index contributed by atoms with van der Waals surface area (Å²) in [6.45, 7) is 0. The van der Waals surface area contributed by atoms with Crippen LogP contribution in [0.5, 0.6) is 0 Å². The molecule has 0 saturated heterocycles. The molecule has 2 heteroatoms. The van der Waals surface area contributed by atoms with Crippen LogP contribution in [0.2, 0.25) is 0 Å². The first-order valence-corrected chi connectivity index (χ1v) is 9.49. The molecule has 0 aromatic heterocycles. The fourth-order valence-corrected chi connectivity index (χ4v) is 5.07. The molecule has 2 atom stereocenters. The van der Waals surface area contributed by atoms with Crippen LogP contribution in [0.4, 0.5) is 4.39 Å². The molecule has 0 N–H and O–H groups in total. The van der Waals surface area contributed by atoms with E-state index >= 15 is 4.39 Å². The highest BCUT2D eigenvalue weighted by atomic mass is 19.1. The third kappa shape index (κ3) is 1.70. The van der Waals surface area contributed by atoms with E-state index in [0.29, 0.717) is 5.56 Å². The first-order chi connectivity index (χ1) is 13.8. The lowest BCUT2D eigenvalue weighted by Crippen LogP contribution is -2.28. The molecule has 4 aromatic rings. The molecule has 0 saturated carbocycles.